The number of hydrogen-bond donors (Lipinski definition) is 2. The molecule has 1 aromatic rings. The predicted octanol–water partition coefficient (Wildman–Crippen LogP) is 2.85. The number of carbonyl (C=O) groups is 1. The van der Waals surface area contributed by atoms with E-state index in [0.29, 0.717) is 5.56 Å². The topological polar surface area (TPSA) is 41.1 Å². The normalized spacial score (nSPS) is 15.8. The summed E-state index contributed by atoms with van der Waals surface area (Å²) in [6, 6.07) is 5.14. The molecule has 1 aliphatic heterocycles. The Morgan fingerprint density at radius 1 is 1.35 bits per heavy atom. The number of amides is 1. The van der Waals surface area contributed by atoms with Crippen molar-refractivity contribution >= 4 is 18.3 Å². The number of nitrogens with one attached hydrogen (secondary N) is 2. The van der Waals surface area contributed by atoms with Gasteiger partial charge in [0.1, 0.15) is 5.82 Å². The van der Waals surface area contributed by atoms with E-state index in [9.17, 15) is 9.18 Å². The van der Waals surface area contributed by atoms with Gasteiger partial charge in [-0.3, -0.25) is 4.79 Å². The average molecular weight is 301 g/mol. The third-order valence-corrected chi connectivity index (χ3v) is 3.47. The third-order valence-electron chi connectivity index (χ3n) is 3.47. The van der Waals surface area contributed by atoms with E-state index in [-0.39, 0.29) is 41.7 Å². The van der Waals surface area contributed by atoms with Gasteiger partial charge in [-0.15, -0.1) is 12.4 Å². The van der Waals surface area contributed by atoms with Crippen molar-refractivity contribution in [3.05, 3.63) is 35.1 Å². The van der Waals surface area contributed by atoms with Crippen molar-refractivity contribution in [2.75, 3.05) is 13.1 Å². The highest BCUT2D eigenvalue weighted by atomic mass is 35.5. The molecule has 0 saturated carbocycles. The second-order valence-corrected chi connectivity index (χ2v) is 5.36. The first kappa shape index (κ1) is 16.9. The van der Waals surface area contributed by atoms with Crippen molar-refractivity contribution in [1.82, 2.24) is 10.6 Å². The number of piperidine rings is 1. The summed E-state index contributed by atoms with van der Waals surface area (Å²) < 4.78 is 14.5. The fourth-order valence-electron chi connectivity index (χ4n) is 2.51. The SMILES string of the molecule is CC(C)NC(=O)c1cccc(C2CCNCC2)c1F.Cl. The molecule has 1 saturated heterocycles. The smallest absolute Gasteiger partial charge is 0.254 e. The quantitative estimate of drug-likeness (QED) is 0.901. The van der Waals surface area contributed by atoms with Crippen molar-refractivity contribution in [3.63, 3.8) is 0 Å². The molecule has 0 radical (unpaired) electrons. The lowest BCUT2D eigenvalue weighted by atomic mass is 9.88. The first-order valence-corrected chi connectivity index (χ1v) is 6.89. The van der Waals surface area contributed by atoms with Gasteiger partial charge in [0.05, 0.1) is 5.56 Å². The Morgan fingerprint density at radius 3 is 2.60 bits per heavy atom. The van der Waals surface area contributed by atoms with Crippen LogP contribution in [0.5, 0.6) is 0 Å². The van der Waals surface area contributed by atoms with Crippen molar-refractivity contribution in [2.45, 2.75) is 38.6 Å². The summed E-state index contributed by atoms with van der Waals surface area (Å²) in [4.78, 5) is 11.9. The molecule has 1 aromatic carbocycles. The summed E-state index contributed by atoms with van der Waals surface area (Å²) in [7, 11) is 0. The Balaban J connectivity index is 0.00000200. The van der Waals surface area contributed by atoms with Crippen LogP contribution in [0.2, 0.25) is 0 Å². The Hall–Kier alpha value is -1.13. The predicted molar refractivity (Wildman–Crippen MR) is 81.1 cm³/mol. The molecule has 1 fully saturated rings. The van der Waals surface area contributed by atoms with Crippen molar-refractivity contribution in [1.29, 1.82) is 0 Å². The number of rotatable bonds is 3. The maximum atomic E-state index is 14.5. The number of benzene rings is 1. The molecule has 0 spiro atoms. The Morgan fingerprint density at radius 2 is 2.00 bits per heavy atom. The summed E-state index contributed by atoms with van der Waals surface area (Å²) in [6.07, 6.45) is 1.85. The number of halogens is 2. The lowest BCUT2D eigenvalue weighted by Crippen LogP contribution is -2.31. The summed E-state index contributed by atoms with van der Waals surface area (Å²) in [6.45, 7) is 5.55. The van der Waals surface area contributed by atoms with Crippen LogP contribution in [0.15, 0.2) is 18.2 Å². The first-order chi connectivity index (χ1) is 9.09. The minimum absolute atomic E-state index is 0. The first-order valence-electron chi connectivity index (χ1n) is 6.89. The van der Waals surface area contributed by atoms with E-state index in [2.05, 4.69) is 10.6 Å². The molecule has 1 amide bonds. The summed E-state index contributed by atoms with van der Waals surface area (Å²) in [5.41, 5.74) is 0.836. The lowest BCUT2D eigenvalue weighted by molar-refractivity contribution is 0.0938. The summed E-state index contributed by atoms with van der Waals surface area (Å²) in [5, 5.41) is 6.00. The lowest BCUT2D eigenvalue weighted by Gasteiger charge is -2.24. The maximum Gasteiger partial charge on any atom is 0.254 e. The van der Waals surface area contributed by atoms with Crippen molar-refractivity contribution < 1.29 is 9.18 Å². The molecular formula is C15H22ClFN2O. The maximum absolute atomic E-state index is 14.5. The molecule has 2 rings (SSSR count). The molecule has 0 aliphatic carbocycles. The molecule has 0 bridgehead atoms. The molecule has 5 heteroatoms. The third kappa shape index (κ3) is 3.93. The van der Waals surface area contributed by atoms with E-state index in [1.54, 1.807) is 18.2 Å². The second-order valence-electron chi connectivity index (χ2n) is 5.36. The van der Waals surface area contributed by atoms with Crippen LogP contribution < -0.4 is 10.6 Å². The van der Waals surface area contributed by atoms with E-state index in [1.165, 1.54) is 0 Å². The van der Waals surface area contributed by atoms with Crippen LogP contribution in [0.4, 0.5) is 4.39 Å². The van der Waals surface area contributed by atoms with Gasteiger partial charge in [0.15, 0.2) is 0 Å². The highest BCUT2D eigenvalue weighted by Crippen LogP contribution is 2.28. The molecule has 0 unspecified atom stereocenters. The van der Waals surface area contributed by atoms with Gasteiger partial charge in [-0.1, -0.05) is 12.1 Å². The molecule has 1 aliphatic rings. The van der Waals surface area contributed by atoms with Gasteiger partial charge in [-0.05, 0) is 57.3 Å². The minimum atomic E-state index is -0.354. The van der Waals surface area contributed by atoms with E-state index < -0.39 is 0 Å². The molecule has 2 N–H and O–H groups in total. The molecule has 0 atom stereocenters. The molecule has 112 valence electrons. The van der Waals surface area contributed by atoms with Crippen molar-refractivity contribution in [2.24, 2.45) is 0 Å². The number of carbonyl (C=O) groups excluding carboxylic acids is 1. The average Bonchev–Trinajstić information content (AvgIpc) is 2.39. The van der Waals surface area contributed by atoms with Gasteiger partial charge in [-0.25, -0.2) is 4.39 Å². The van der Waals surface area contributed by atoms with Crippen LogP contribution in [0.1, 0.15) is 48.5 Å². The molecular weight excluding hydrogens is 279 g/mol. The van der Waals surface area contributed by atoms with E-state index in [1.807, 2.05) is 13.8 Å². The fraction of sp³-hybridized carbons (Fsp3) is 0.533. The van der Waals surface area contributed by atoms with Crippen LogP contribution in [-0.4, -0.2) is 25.0 Å². The van der Waals surface area contributed by atoms with Gasteiger partial charge in [0, 0.05) is 6.04 Å². The standard InChI is InChI=1S/C15H21FN2O.ClH/c1-10(2)18-15(19)13-5-3-4-12(14(13)16)11-6-8-17-9-7-11;/h3-5,10-11,17H,6-9H2,1-2H3,(H,18,19);1H. The Labute approximate surface area is 125 Å². The second kappa shape index (κ2) is 7.60. The van der Waals surface area contributed by atoms with Gasteiger partial charge in [0.25, 0.3) is 5.91 Å². The highest BCUT2D eigenvalue weighted by Gasteiger charge is 2.22. The fourth-order valence-corrected chi connectivity index (χ4v) is 2.51. The zero-order valence-corrected chi connectivity index (χ0v) is 12.7. The van der Waals surface area contributed by atoms with Crippen molar-refractivity contribution in [3.8, 4) is 0 Å². The monoisotopic (exact) mass is 300 g/mol. The van der Waals surface area contributed by atoms with Gasteiger partial charge in [0.2, 0.25) is 0 Å². The summed E-state index contributed by atoms with van der Waals surface area (Å²) in [5.74, 6) is -0.469. The highest BCUT2D eigenvalue weighted by molar-refractivity contribution is 5.94. The Bertz CT molecular complexity index is 459. The van der Waals surface area contributed by atoms with Gasteiger partial charge in [-0.2, -0.15) is 0 Å². The molecule has 1 heterocycles. The van der Waals surface area contributed by atoms with E-state index >= 15 is 0 Å². The zero-order chi connectivity index (χ0) is 13.8. The largest absolute Gasteiger partial charge is 0.350 e. The van der Waals surface area contributed by atoms with Gasteiger partial charge < -0.3 is 10.6 Å². The molecule has 3 nitrogen and oxygen atoms in total. The van der Waals surface area contributed by atoms with E-state index in [0.717, 1.165) is 25.9 Å². The van der Waals surface area contributed by atoms with Gasteiger partial charge >= 0.3 is 0 Å². The number of hydrogen-bond acceptors (Lipinski definition) is 2. The minimum Gasteiger partial charge on any atom is -0.350 e. The van der Waals surface area contributed by atoms with Crippen LogP contribution in [0.3, 0.4) is 0 Å². The van der Waals surface area contributed by atoms with Crippen LogP contribution >= 0.6 is 12.4 Å². The molecule has 0 aromatic heterocycles. The summed E-state index contributed by atoms with van der Waals surface area (Å²) >= 11 is 0. The van der Waals surface area contributed by atoms with Crippen LogP contribution in [0, 0.1) is 5.82 Å². The van der Waals surface area contributed by atoms with Crippen LogP contribution in [0.25, 0.3) is 0 Å². The molecule has 20 heavy (non-hydrogen) atoms. The Kier molecular flexibility index (Phi) is 6.43. The van der Waals surface area contributed by atoms with Crippen LogP contribution in [-0.2, 0) is 0 Å². The van der Waals surface area contributed by atoms with E-state index in [4.69, 9.17) is 0 Å². The zero-order valence-electron chi connectivity index (χ0n) is 11.9.